The molecule has 7 heteroatoms. The smallest absolute Gasteiger partial charge is 0.382 e. The molecule has 4 nitrogen and oxygen atoms in total. The van der Waals surface area contributed by atoms with Crippen molar-refractivity contribution in [1.82, 2.24) is 4.98 Å². The first-order chi connectivity index (χ1) is 10.9. The van der Waals surface area contributed by atoms with Crippen LogP contribution in [-0.4, -0.2) is 35.0 Å². The molecule has 0 bridgehead atoms. The molecule has 120 valence electrons. The number of aromatic nitrogens is 1. The molecule has 23 heavy (non-hydrogen) atoms. The average Bonchev–Trinajstić information content (AvgIpc) is 3.01. The number of pyridine rings is 1. The van der Waals surface area contributed by atoms with Crippen molar-refractivity contribution < 1.29 is 18.3 Å². The van der Waals surface area contributed by atoms with Crippen molar-refractivity contribution in [3.8, 4) is 6.07 Å². The zero-order valence-corrected chi connectivity index (χ0v) is 12.1. The van der Waals surface area contributed by atoms with Crippen molar-refractivity contribution in [2.45, 2.75) is 31.2 Å². The molecule has 1 saturated heterocycles. The van der Waals surface area contributed by atoms with Gasteiger partial charge in [-0.3, -0.25) is 0 Å². The summed E-state index contributed by atoms with van der Waals surface area (Å²) in [4.78, 5) is 5.55. The van der Waals surface area contributed by atoms with Crippen LogP contribution in [0.3, 0.4) is 0 Å². The molecule has 1 N–H and O–H groups in total. The van der Waals surface area contributed by atoms with E-state index in [9.17, 15) is 18.3 Å². The summed E-state index contributed by atoms with van der Waals surface area (Å²) in [6.07, 6.45) is -4.62. The van der Waals surface area contributed by atoms with Crippen LogP contribution in [0.25, 0.3) is 10.8 Å². The zero-order chi connectivity index (χ0) is 16.6. The molecule has 0 aliphatic carbocycles. The maximum Gasteiger partial charge on any atom is 0.416 e. The maximum absolute atomic E-state index is 12.8. The summed E-state index contributed by atoms with van der Waals surface area (Å²) in [6, 6.07) is 7.82. The summed E-state index contributed by atoms with van der Waals surface area (Å²) in [7, 11) is 0. The maximum atomic E-state index is 12.8. The molecule has 1 aliphatic rings. The standard InChI is InChI=1S/C16H14F3N3O/c17-16(18,19)15(23)14-2-1-7-22(14)11-3-4-12-10(8-11)5-6-21-13(12)9-20/h3-6,8,14-15,23H,1-2,7H2/t14-,15+/m0/s1. The van der Waals surface area contributed by atoms with Crippen molar-refractivity contribution in [3.63, 3.8) is 0 Å². The fraction of sp³-hybridized carbons (Fsp3) is 0.375. The number of rotatable bonds is 2. The highest BCUT2D eigenvalue weighted by molar-refractivity contribution is 5.89. The molecule has 1 fully saturated rings. The highest BCUT2D eigenvalue weighted by Crippen LogP contribution is 2.35. The fourth-order valence-corrected chi connectivity index (χ4v) is 3.09. The minimum absolute atomic E-state index is 0.280. The Morgan fingerprint density at radius 3 is 2.83 bits per heavy atom. The minimum atomic E-state index is -4.64. The molecule has 0 unspecified atom stereocenters. The van der Waals surface area contributed by atoms with E-state index in [2.05, 4.69) is 4.98 Å². The lowest BCUT2D eigenvalue weighted by molar-refractivity contribution is -0.209. The molecule has 1 aromatic carbocycles. The summed E-state index contributed by atoms with van der Waals surface area (Å²) in [5.74, 6) is 0. The first kappa shape index (κ1) is 15.6. The third kappa shape index (κ3) is 2.82. The van der Waals surface area contributed by atoms with Crippen LogP contribution in [0, 0.1) is 11.3 Å². The lowest BCUT2D eigenvalue weighted by Gasteiger charge is -2.31. The number of aliphatic hydroxyl groups excluding tert-OH is 1. The van der Waals surface area contributed by atoms with E-state index < -0.39 is 18.3 Å². The molecule has 1 aliphatic heterocycles. The second-order valence-electron chi connectivity index (χ2n) is 5.57. The predicted molar refractivity (Wildman–Crippen MR) is 78.9 cm³/mol. The molecule has 2 aromatic rings. The molecule has 2 heterocycles. The average molecular weight is 321 g/mol. The minimum Gasteiger partial charge on any atom is -0.382 e. The van der Waals surface area contributed by atoms with Crippen molar-refractivity contribution in [3.05, 3.63) is 36.2 Å². The van der Waals surface area contributed by atoms with Crippen LogP contribution in [-0.2, 0) is 0 Å². The Kier molecular flexibility index (Phi) is 3.86. The van der Waals surface area contributed by atoms with Gasteiger partial charge >= 0.3 is 6.18 Å². The van der Waals surface area contributed by atoms with Crippen LogP contribution in [0.1, 0.15) is 18.5 Å². The number of aliphatic hydroxyl groups is 1. The number of halogens is 3. The Morgan fingerprint density at radius 1 is 1.35 bits per heavy atom. The van der Waals surface area contributed by atoms with E-state index in [4.69, 9.17) is 5.26 Å². The number of fused-ring (bicyclic) bond motifs is 1. The highest BCUT2D eigenvalue weighted by Gasteiger charge is 2.47. The molecule has 2 atom stereocenters. The van der Waals surface area contributed by atoms with Gasteiger partial charge in [0.05, 0.1) is 6.04 Å². The Morgan fingerprint density at radius 2 is 2.13 bits per heavy atom. The van der Waals surface area contributed by atoms with E-state index >= 15 is 0 Å². The van der Waals surface area contributed by atoms with E-state index in [1.54, 1.807) is 29.2 Å². The largest absolute Gasteiger partial charge is 0.416 e. The second kappa shape index (κ2) is 5.70. The topological polar surface area (TPSA) is 60.2 Å². The molecule has 0 amide bonds. The summed E-state index contributed by atoms with van der Waals surface area (Å²) >= 11 is 0. The van der Waals surface area contributed by atoms with Crippen molar-refractivity contribution >= 4 is 16.5 Å². The monoisotopic (exact) mass is 321 g/mol. The van der Waals surface area contributed by atoms with E-state index in [-0.39, 0.29) is 5.69 Å². The Bertz CT molecular complexity index is 769. The number of hydrogen-bond acceptors (Lipinski definition) is 4. The van der Waals surface area contributed by atoms with Gasteiger partial charge in [-0.15, -0.1) is 0 Å². The lowest BCUT2D eigenvalue weighted by Crippen LogP contribution is -2.47. The summed E-state index contributed by atoms with van der Waals surface area (Å²) in [5.41, 5.74) is 0.890. The zero-order valence-electron chi connectivity index (χ0n) is 12.1. The number of nitrogens with zero attached hydrogens (tertiary/aromatic N) is 3. The van der Waals surface area contributed by atoms with Gasteiger partial charge < -0.3 is 10.0 Å². The normalized spacial score (nSPS) is 19.8. The molecule has 3 rings (SSSR count). The molecule has 0 radical (unpaired) electrons. The van der Waals surface area contributed by atoms with Crippen LogP contribution < -0.4 is 4.90 Å². The van der Waals surface area contributed by atoms with Crippen LogP contribution >= 0.6 is 0 Å². The molecule has 1 aromatic heterocycles. The van der Waals surface area contributed by atoms with Gasteiger partial charge in [-0.25, -0.2) is 4.98 Å². The fourth-order valence-electron chi connectivity index (χ4n) is 3.09. The van der Waals surface area contributed by atoms with Gasteiger partial charge in [-0.2, -0.15) is 18.4 Å². The van der Waals surface area contributed by atoms with Gasteiger partial charge in [0.25, 0.3) is 0 Å². The van der Waals surface area contributed by atoms with E-state index in [0.717, 1.165) is 5.39 Å². The lowest BCUT2D eigenvalue weighted by atomic mass is 10.1. The molecule has 0 spiro atoms. The van der Waals surface area contributed by atoms with Crippen LogP contribution in [0.15, 0.2) is 30.5 Å². The summed E-state index contributed by atoms with van der Waals surface area (Å²) in [6.45, 7) is 0.458. The Hall–Kier alpha value is -2.33. The van der Waals surface area contributed by atoms with Gasteiger partial charge in [-0.1, -0.05) is 0 Å². The van der Waals surface area contributed by atoms with Gasteiger partial charge in [0.15, 0.2) is 6.10 Å². The van der Waals surface area contributed by atoms with Crippen LogP contribution in [0.5, 0.6) is 0 Å². The van der Waals surface area contributed by atoms with Gasteiger partial charge in [0.2, 0.25) is 0 Å². The van der Waals surface area contributed by atoms with Crippen molar-refractivity contribution in [1.29, 1.82) is 5.26 Å². The quantitative estimate of drug-likeness (QED) is 0.924. The molecule has 0 saturated carbocycles. The van der Waals surface area contributed by atoms with E-state index in [0.29, 0.717) is 30.5 Å². The Labute approximate surface area is 130 Å². The second-order valence-corrected chi connectivity index (χ2v) is 5.57. The van der Waals surface area contributed by atoms with Gasteiger partial charge in [0.1, 0.15) is 11.8 Å². The van der Waals surface area contributed by atoms with Crippen molar-refractivity contribution in [2.75, 3.05) is 11.4 Å². The first-order valence-corrected chi connectivity index (χ1v) is 7.22. The van der Waals surface area contributed by atoms with E-state index in [1.807, 2.05) is 6.07 Å². The Balaban J connectivity index is 1.98. The third-order valence-electron chi connectivity index (χ3n) is 4.18. The van der Waals surface area contributed by atoms with E-state index in [1.165, 1.54) is 6.20 Å². The predicted octanol–water partition coefficient (Wildman–Crippen LogP) is 3.00. The molecular weight excluding hydrogens is 307 g/mol. The number of benzene rings is 1. The van der Waals surface area contributed by atoms with Crippen LogP contribution in [0.2, 0.25) is 0 Å². The summed E-state index contributed by atoms with van der Waals surface area (Å²) in [5, 5.41) is 20.0. The highest BCUT2D eigenvalue weighted by atomic mass is 19.4. The number of alkyl halides is 3. The van der Waals surface area contributed by atoms with Crippen LogP contribution in [0.4, 0.5) is 18.9 Å². The van der Waals surface area contributed by atoms with Gasteiger partial charge in [-0.05, 0) is 42.5 Å². The SMILES string of the molecule is N#Cc1nccc2cc(N3CCC[C@H]3[C@@H](O)C(F)(F)F)ccc12. The van der Waals surface area contributed by atoms with Crippen molar-refractivity contribution in [2.24, 2.45) is 0 Å². The summed E-state index contributed by atoms with van der Waals surface area (Å²) < 4.78 is 38.5. The number of anilines is 1. The third-order valence-corrected chi connectivity index (χ3v) is 4.18. The number of hydrogen-bond donors (Lipinski definition) is 1. The molecular formula is C16H14F3N3O. The first-order valence-electron chi connectivity index (χ1n) is 7.22. The number of nitriles is 1. The van der Waals surface area contributed by atoms with Gasteiger partial charge in [0, 0.05) is 23.8 Å².